The molecule has 0 saturated heterocycles. The van der Waals surface area contributed by atoms with Crippen molar-refractivity contribution in [2.75, 3.05) is 5.33 Å². The molecule has 0 N–H and O–H groups in total. The number of hydrogen-bond acceptors (Lipinski definition) is 0. The summed E-state index contributed by atoms with van der Waals surface area (Å²) in [5, 5.41) is 1.20. The molecule has 0 bridgehead atoms. The van der Waals surface area contributed by atoms with Gasteiger partial charge in [-0.05, 0) is 23.7 Å². The Kier molecular flexibility index (Phi) is 2.15. The highest BCUT2D eigenvalue weighted by atomic mass is 79.9. The van der Waals surface area contributed by atoms with Crippen LogP contribution in [0.15, 0.2) is 0 Å². The van der Waals surface area contributed by atoms with E-state index in [0.717, 1.165) is 0 Å². The predicted molar refractivity (Wildman–Crippen MR) is 49.5 cm³/mol. The molecule has 1 aliphatic carbocycles. The summed E-state index contributed by atoms with van der Waals surface area (Å²) in [6.45, 7) is 7.03. The Morgan fingerprint density at radius 2 is 1.90 bits per heavy atom. The molecule has 1 aliphatic rings. The molecule has 0 radical (unpaired) electrons. The van der Waals surface area contributed by atoms with E-state index in [-0.39, 0.29) is 0 Å². The Hall–Kier alpha value is 0.480. The van der Waals surface area contributed by atoms with Gasteiger partial charge in [-0.3, -0.25) is 0 Å². The minimum absolute atomic E-state index is 0.618. The first-order valence-electron chi connectivity index (χ1n) is 4.14. The van der Waals surface area contributed by atoms with Gasteiger partial charge in [-0.2, -0.15) is 0 Å². The molecule has 0 amide bonds. The third-order valence-corrected chi connectivity index (χ3v) is 4.15. The van der Waals surface area contributed by atoms with Crippen LogP contribution in [0.3, 0.4) is 0 Å². The third kappa shape index (κ3) is 1.13. The van der Waals surface area contributed by atoms with Gasteiger partial charge in [0.15, 0.2) is 0 Å². The van der Waals surface area contributed by atoms with E-state index in [9.17, 15) is 0 Å². The highest BCUT2D eigenvalue weighted by molar-refractivity contribution is 9.09. The van der Waals surface area contributed by atoms with E-state index in [2.05, 4.69) is 36.7 Å². The number of halogens is 1. The van der Waals surface area contributed by atoms with Gasteiger partial charge in [-0.15, -0.1) is 0 Å². The number of hydrogen-bond donors (Lipinski definition) is 0. The largest absolute Gasteiger partial charge is 0.0922 e. The van der Waals surface area contributed by atoms with Crippen LogP contribution in [-0.2, 0) is 0 Å². The van der Waals surface area contributed by atoms with Crippen LogP contribution in [0.4, 0.5) is 0 Å². The van der Waals surface area contributed by atoms with E-state index in [1.165, 1.54) is 24.6 Å². The first-order valence-corrected chi connectivity index (χ1v) is 5.26. The highest BCUT2D eigenvalue weighted by Gasteiger charge is 2.58. The number of alkyl halides is 1. The molecule has 0 nitrogen and oxygen atoms in total. The molecule has 1 heteroatoms. The van der Waals surface area contributed by atoms with Crippen LogP contribution < -0.4 is 0 Å². The summed E-state index contributed by atoms with van der Waals surface area (Å²) in [5.74, 6) is 0. The molecule has 1 saturated carbocycles. The Labute approximate surface area is 72.5 Å². The Morgan fingerprint density at radius 1 is 1.40 bits per heavy atom. The molecular formula is C9H17Br. The first-order chi connectivity index (χ1) is 4.58. The first kappa shape index (κ1) is 8.58. The standard InChI is InChI=1S/C9H17Br/c1-4-5-9(7-10)6-8(9,2)3/h4-7H2,1-3H3. The Morgan fingerprint density at radius 3 is 2.00 bits per heavy atom. The minimum atomic E-state index is 0.618. The lowest BCUT2D eigenvalue weighted by Gasteiger charge is -2.15. The van der Waals surface area contributed by atoms with Crippen LogP contribution in [0.1, 0.15) is 40.0 Å². The van der Waals surface area contributed by atoms with Crippen molar-refractivity contribution in [1.82, 2.24) is 0 Å². The molecule has 0 aromatic heterocycles. The maximum absolute atomic E-state index is 3.61. The lowest BCUT2D eigenvalue weighted by atomic mass is 9.93. The molecule has 10 heavy (non-hydrogen) atoms. The lowest BCUT2D eigenvalue weighted by Crippen LogP contribution is -2.09. The fourth-order valence-corrected chi connectivity index (χ4v) is 3.24. The SMILES string of the molecule is CCCC1(CBr)CC1(C)C. The number of rotatable bonds is 3. The van der Waals surface area contributed by atoms with Crippen molar-refractivity contribution in [2.45, 2.75) is 40.0 Å². The van der Waals surface area contributed by atoms with Crippen molar-refractivity contribution in [3.63, 3.8) is 0 Å². The maximum Gasteiger partial charge on any atom is 0.00932 e. The van der Waals surface area contributed by atoms with Crippen LogP contribution in [0.5, 0.6) is 0 Å². The zero-order valence-electron chi connectivity index (χ0n) is 7.21. The van der Waals surface area contributed by atoms with E-state index in [1.807, 2.05) is 0 Å². The van der Waals surface area contributed by atoms with E-state index < -0.39 is 0 Å². The van der Waals surface area contributed by atoms with Crippen molar-refractivity contribution in [3.05, 3.63) is 0 Å². The second-order valence-electron chi connectivity index (χ2n) is 4.22. The topological polar surface area (TPSA) is 0 Å². The second kappa shape index (κ2) is 2.51. The summed E-state index contributed by atoms with van der Waals surface area (Å²) in [7, 11) is 0. The second-order valence-corrected chi connectivity index (χ2v) is 4.79. The van der Waals surface area contributed by atoms with Crippen molar-refractivity contribution in [1.29, 1.82) is 0 Å². The van der Waals surface area contributed by atoms with Gasteiger partial charge >= 0.3 is 0 Å². The van der Waals surface area contributed by atoms with Crippen LogP contribution >= 0.6 is 15.9 Å². The summed E-state index contributed by atoms with van der Waals surface area (Å²) >= 11 is 3.61. The van der Waals surface area contributed by atoms with Gasteiger partial charge in [0.25, 0.3) is 0 Å². The summed E-state index contributed by atoms with van der Waals surface area (Å²) in [5.41, 5.74) is 1.27. The van der Waals surface area contributed by atoms with Crippen LogP contribution in [0.2, 0.25) is 0 Å². The van der Waals surface area contributed by atoms with Gasteiger partial charge in [0.1, 0.15) is 0 Å². The van der Waals surface area contributed by atoms with Crippen LogP contribution in [-0.4, -0.2) is 5.33 Å². The molecule has 60 valence electrons. The molecule has 1 atom stereocenters. The van der Waals surface area contributed by atoms with Crippen LogP contribution in [0.25, 0.3) is 0 Å². The van der Waals surface area contributed by atoms with E-state index in [0.29, 0.717) is 10.8 Å². The minimum Gasteiger partial charge on any atom is -0.0922 e. The summed E-state index contributed by atoms with van der Waals surface area (Å²) in [6, 6.07) is 0. The lowest BCUT2D eigenvalue weighted by molar-refractivity contribution is 0.396. The molecular weight excluding hydrogens is 188 g/mol. The molecule has 1 fully saturated rings. The zero-order chi connectivity index (χ0) is 7.83. The summed E-state index contributed by atoms with van der Waals surface area (Å²) in [6.07, 6.45) is 4.14. The van der Waals surface area contributed by atoms with Crippen LogP contribution in [0, 0.1) is 10.8 Å². The average molecular weight is 205 g/mol. The van der Waals surface area contributed by atoms with Gasteiger partial charge in [-0.25, -0.2) is 0 Å². The van der Waals surface area contributed by atoms with Gasteiger partial charge < -0.3 is 0 Å². The monoisotopic (exact) mass is 204 g/mol. The van der Waals surface area contributed by atoms with E-state index >= 15 is 0 Å². The van der Waals surface area contributed by atoms with Gasteiger partial charge in [-0.1, -0.05) is 43.1 Å². The average Bonchev–Trinajstić information content (AvgIpc) is 2.37. The van der Waals surface area contributed by atoms with Gasteiger partial charge in [0.2, 0.25) is 0 Å². The Balaban J connectivity index is 2.50. The van der Waals surface area contributed by atoms with Gasteiger partial charge in [0, 0.05) is 5.33 Å². The van der Waals surface area contributed by atoms with E-state index in [4.69, 9.17) is 0 Å². The maximum atomic E-state index is 3.61. The van der Waals surface area contributed by atoms with Gasteiger partial charge in [0.05, 0.1) is 0 Å². The smallest absolute Gasteiger partial charge is 0.00932 e. The summed E-state index contributed by atoms with van der Waals surface area (Å²) in [4.78, 5) is 0. The Bertz CT molecular complexity index is 129. The molecule has 1 rings (SSSR count). The molecule has 0 heterocycles. The van der Waals surface area contributed by atoms with Crippen molar-refractivity contribution in [2.24, 2.45) is 10.8 Å². The van der Waals surface area contributed by atoms with E-state index in [1.54, 1.807) is 0 Å². The molecule has 0 aliphatic heterocycles. The van der Waals surface area contributed by atoms with Crippen molar-refractivity contribution >= 4 is 15.9 Å². The molecule has 0 aromatic rings. The zero-order valence-corrected chi connectivity index (χ0v) is 8.79. The quantitative estimate of drug-likeness (QED) is 0.617. The normalized spacial score (nSPS) is 36.0. The predicted octanol–water partition coefficient (Wildman–Crippen LogP) is 3.60. The van der Waals surface area contributed by atoms with Crippen molar-refractivity contribution < 1.29 is 0 Å². The van der Waals surface area contributed by atoms with Crippen molar-refractivity contribution in [3.8, 4) is 0 Å². The molecule has 0 spiro atoms. The fraction of sp³-hybridized carbons (Fsp3) is 1.00. The molecule has 0 aromatic carbocycles. The molecule has 1 unspecified atom stereocenters. The highest BCUT2D eigenvalue weighted by Crippen LogP contribution is 2.66. The summed E-state index contributed by atoms with van der Waals surface area (Å²) < 4.78 is 0. The third-order valence-electron chi connectivity index (χ3n) is 3.08. The fourth-order valence-electron chi connectivity index (χ4n) is 2.00.